The van der Waals surface area contributed by atoms with Gasteiger partial charge in [-0.2, -0.15) is 0 Å². The summed E-state index contributed by atoms with van der Waals surface area (Å²) >= 11 is 0. The smallest absolute Gasteiger partial charge is 0.407 e. The maximum absolute atomic E-state index is 12.9. The Morgan fingerprint density at radius 3 is 2.72 bits per heavy atom. The Balaban J connectivity index is 1.93. The predicted molar refractivity (Wildman–Crippen MR) is 111 cm³/mol. The van der Waals surface area contributed by atoms with E-state index in [1.54, 1.807) is 21.0 Å². The highest BCUT2D eigenvalue weighted by Crippen LogP contribution is 2.21. The van der Waals surface area contributed by atoms with Crippen molar-refractivity contribution in [1.29, 1.82) is 0 Å². The van der Waals surface area contributed by atoms with Crippen LogP contribution in [0.2, 0.25) is 0 Å². The van der Waals surface area contributed by atoms with Gasteiger partial charge >= 0.3 is 6.09 Å². The van der Waals surface area contributed by atoms with Crippen molar-refractivity contribution in [3.8, 4) is 0 Å². The molecular formula is C21H31N3O8. The number of fused-ring (bicyclic) bond motifs is 1. The molecule has 2 atom stereocenters. The number of amides is 2. The molecule has 2 N–H and O–H groups in total. The molecule has 178 valence electrons. The van der Waals surface area contributed by atoms with Gasteiger partial charge in [-0.05, 0) is 12.3 Å². The van der Waals surface area contributed by atoms with E-state index in [9.17, 15) is 19.2 Å². The number of methoxy groups -OCH3 is 1. The third-order valence-corrected chi connectivity index (χ3v) is 5.08. The van der Waals surface area contributed by atoms with Crippen LogP contribution < -0.4 is 10.6 Å². The molecule has 0 bridgehead atoms. The van der Waals surface area contributed by atoms with E-state index < -0.39 is 29.7 Å². The van der Waals surface area contributed by atoms with E-state index in [0.717, 1.165) is 0 Å². The molecule has 0 spiro atoms. The highest BCUT2D eigenvalue weighted by Gasteiger charge is 2.33. The molecule has 2 rings (SSSR count). The number of oxazole rings is 1. The van der Waals surface area contributed by atoms with Crippen LogP contribution in [0.4, 0.5) is 4.79 Å². The second kappa shape index (κ2) is 12.9. The van der Waals surface area contributed by atoms with Crippen LogP contribution in [-0.2, 0) is 41.6 Å². The molecule has 0 saturated carbocycles. The Morgan fingerprint density at radius 2 is 2.00 bits per heavy atom. The van der Waals surface area contributed by atoms with Crippen LogP contribution in [-0.4, -0.2) is 68.1 Å². The van der Waals surface area contributed by atoms with Crippen molar-refractivity contribution in [2.75, 3.05) is 33.5 Å². The lowest BCUT2D eigenvalue weighted by atomic mass is 9.87. The minimum Gasteiger partial charge on any atom is -0.448 e. The molecule has 0 radical (unpaired) electrons. The summed E-state index contributed by atoms with van der Waals surface area (Å²) in [7, 11) is 1.56. The van der Waals surface area contributed by atoms with Gasteiger partial charge in [0.15, 0.2) is 12.2 Å². The Morgan fingerprint density at radius 1 is 1.25 bits per heavy atom. The number of carbonyl (C=O) groups is 4. The molecule has 1 aromatic rings. The Labute approximate surface area is 186 Å². The minimum absolute atomic E-state index is 0.0232. The fourth-order valence-electron chi connectivity index (χ4n) is 3.30. The molecule has 11 nitrogen and oxygen atoms in total. The van der Waals surface area contributed by atoms with E-state index in [2.05, 4.69) is 15.6 Å². The molecule has 1 aliphatic rings. The van der Waals surface area contributed by atoms with E-state index in [0.29, 0.717) is 31.1 Å². The van der Waals surface area contributed by atoms with E-state index in [4.69, 9.17) is 18.6 Å². The summed E-state index contributed by atoms with van der Waals surface area (Å²) in [5, 5.41) is 5.07. The second-order valence-corrected chi connectivity index (χ2v) is 7.78. The minimum atomic E-state index is -0.860. The van der Waals surface area contributed by atoms with Crippen LogP contribution in [0, 0.1) is 11.8 Å². The average molecular weight is 453 g/mol. The number of ketones is 2. The van der Waals surface area contributed by atoms with Crippen LogP contribution in [0.25, 0.3) is 0 Å². The molecule has 1 aliphatic heterocycles. The quantitative estimate of drug-likeness (QED) is 0.367. The van der Waals surface area contributed by atoms with Crippen molar-refractivity contribution in [1.82, 2.24) is 15.6 Å². The molecule has 2 heterocycles. The van der Waals surface area contributed by atoms with Gasteiger partial charge in [-0.15, -0.1) is 0 Å². The lowest BCUT2D eigenvalue weighted by Gasteiger charge is -2.23. The zero-order valence-corrected chi connectivity index (χ0v) is 18.7. The van der Waals surface area contributed by atoms with Crippen molar-refractivity contribution in [3.05, 3.63) is 17.8 Å². The van der Waals surface area contributed by atoms with Crippen molar-refractivity contribution in [2.24, 2.45) is 11.8 Å². The molecule has 1 aromatic heterocycles. The number of nitrogens with zero attached hydrogens (tertiary/aromatic N) is 1. The van der Waals surface area contributed by atoms with Gasteiger partial charge in [0.1, 0.15) is 18.1 Å². The standard InChI is InChI=1S/C21H31N3O8/c1-13(2)18(24-21(28)31-9-8-30-7-6-29-3)16(25)10-14-4-5-17-15(23-12-32-17)11-22-20(27)19(14)26/h12-14,18H,4-11H2,1-3H3,(H,22,27)(H,24,28). The van der Waals surface area contributed by atoms with Gasteiger partial charge in [-0.1, -0.05) is 13.8 Å². The summed E-state index contributed by atoms with van der Waals surface area (Å²) in [5.74, 6) is -2.27. The van der Waals surface area contributed by atoms with Gasteiger partial charge in [0.2, 0.25) is 5.78 Å². The Hall–Kier alpha value is -2.79. The topological polar surface area (TPSA) is 146 Å². The van der Waals surface area contributed by atoms with Gasteiger partial charge in [-0.25, -0.2) is 9.78 Å². The largest absolute Gasteiger partial charge is 0.448 e. The third-order valence-electron chi connectivity index (χ3n) is 5.08. The van der Waals surface area contributed by atoms with Gasteiger partial charge in [0.25, 0.3) is 5.91 Å². The fourth-order valence-corrected chi connectivity index (χ4v) is 3.30. The molecular weight excluding hydrogens is 422 g/mol. The second-order valence-electron chi connectivity index (χ2n) is 7.78. The number of rotatable bonds is 11. The first-order valence-corrected chi connectivity index (χ1v) is 10.6. The van der Waals surface area contributed by atoms with Crippen LogP contribution in [0.3, 0.4) is 0 Å². The van der Waals surface area contributed by atoms with Gasteiger partial charge in [0, 0.05) is 25.9 Å². The number of nitrogens with one attached hydrogen (secondary N) is 2. The molecule has 2 unspecified atom stereocenters. The normalized spacial score (nSPS) is 17.6. The van der Waals surface area contributed by atoms with E-state index in [-0.39, 0.29) is 44.3 Å². The lowest BCUT2D eigenvalue weighted by molar-refractivity contribution is -0.141. The number of hydrogen-bond donors (Lipinski definition) is 2. The highest BCUT2D eigenvalue weighted by atomic mass is 16.6. The lowest BCUT2D eigenvalue weighted by Crippen LogP contribution is -2.46. The Kier molecular flexibility index (Phi) is 10.3. The maximum atomic E-state index is 12.9. The first-order valence-electron chi connectivity index (χ1n) is 10.6. The number of Topliss-reactive ketones (excluding diaryl/α,β-unsaturated/α-hetero) is 2. The van der Waals surface area contributed by atoms with Crippen molar-refractivity contribution >= 4 is 23.6 Å². The van der Waals surface area contributed by atoms with Crippen LogP contribution in [0.1, 0.15) is 38.1 Å². The number of aromatic nitrogens is 1. The van der Waals surface area contributed by atoms with Gasteiger partial charge in [0.05, 0.1) is 32.4 Å². The summed E-state index contributed by atoms with van der Waals surface area (Å²) in [6, 6.07) is -0.860. The number of ether oxygens (including phenoxy) is 3. The van der Waals surface area contributed by atoms with Crippen molar-refractivity contribution < 1.29 is 37.8 Å². The van der Waals surface area contributed by atoms with E-state index >= 15 is 0 Å². The molecule has 2 amide bonds. The molecule has 32 heavy (non-hydrogen) atoms. The summed E-state index contributed by atoms with van der Waals surface area (Å²) in [6.45, 7) is 4.68. The van der Waals surface area contributed by atoms with Crippen LogP contribution in [0.5, 0.6) is 0 Å². The number of aryl methyl sites for hydroxylation is 1. The first-order chi connectivity index (χ1) is 15.3. The number of alkyl carbamates (subject to hydrolysis) is 1. The summed E-state index contributed by atoms with van der Waals surface area (Å²) in [4.78, 5) is 53.8. The summed E-state index contributed by atoms with van der Waals surface area (Å²) in [6.07, 6.45) is 0.983. The van der Waals surface area contributed by atoms with Crippen molar-refractivity contribution in [3.63, 3.8) is 0 Å². The van der Waals surface area contributed by atoms with Crippen LogP contribution in [0.15, 0.2) is 10.8 Å². The number of hydrogen-bond acceptors (Lipinski definition) is 9. The Bertz CT molecular complexity index is 792. The third kappa shape index (κ3) is 7.72. The van der Waals surface area contributed by atoms with Gasteiger partial charge < -0.3 is 29.3 Å². The predicted octanol–water partition coefficient (Wildman–Crippen LogP) is 0.795. The average Bonchev–Trinajstić information content (AvgIpc) is 3.22. The van der Waals surface area contributed by atoms with E-state index in [1.165, 1.54) is 6.39 Å². The van der Waals surface area contributed by atoms with Crippen LogP contribution >= 0.6 is 0 Å². The number of carbonyl (C=O) groups excluding carboxylic acids is 4. The van der Waals surface area contributed by atoms with E-state index in [1.807, 2.05) is 0 Å². The summed E-state index contributed by atoms with van der Waals surface area (Å²) < 4.78 is 20.4. The zero-order chi connectivity index (χ0) is 23.5. The molecule has 11 heteroatoms. The van der Waals surface area contributed by atoms with Crippen molar-refractivity contribution in [2.45, 2.75) is 45.7 Å². The molecule has 0 aliphatic carbocycles. The van der Waals surface area contributed by atoms with Gasteiger partial charge in [-0.3, -0.25) is 14.4 Å². The molecule has 0 aromatic carbocycles. The SMILES string of the molecule is COCCOCCOC(=O)NC(C(=O)CC1CCc2ocnc2CNC(=O)C1=O)C(C)C. The highest BCUT2D eigenvalue weighted by molar-refractivity contribution is 6.37. The molecule has 0 fully saturated rings. The maximum Gasteiger partial charge on any atom is 0.407 e. The fraction of sp³-hybridized carbons (Fsp3) is 0.667. The first kappa shape index (κ1) is 25.5. The monoisotopic (exact) mass is 453 g/mol. The zero-order valence-electron chi connectivity index (χ0n) is 18.7. The molecule has 0 saturated heterocycles. The summed E-state index contributed by atoms with van der Waals surface area (Å²) in [5.41, 5.74) is 0.564.